The summed E-state index contributed by atoms with van der Waals surface area (Å²) in [5.41, 5.74) is 5.32. The number of aromatic amines is 2. The minimum atomic E-state index is -0.894. The van der Waals surface area contributed by atoms with E-state index >= 15 is 0 Å². The summed E-state index contributed by atoms with van der Waals surface area (Å²) < 4.78 is 9.57. The number of hydrogen-bond donors (Lipinski definition) is 5. The number of fused-ring (bicyclic) bond motifs is 3. The van der Waals surface area contributed by atoms with Crippen molar-refractivity contribution in [2.24, 2.45) is 11.8 Å². The fourth-order valence-electron chi connectivity index (χ4n) is 8.17. The molecule has 1 unspecified atom stereocenters. The van der Waals surface area contributed by atoms with Gasteiger partial charge in [0.1, 0.15) is 23.9 Å². The van der Waals surface area contributed by atoms with Gasteiger partial charge in [-0.05, 0) is 78.8 Å². The lowest BCUT2D eigenvalue weighted by atomic mass is 10.0. The highest BCUT2D eigenvalue weighted by Gasteiger charge is 2.39. The van der Waals surface area contributed by atoms with Crippen LogP contribution in [0.4, 0.5) is 9.59 Å². The van der Waals surface area contributed by atoms with Crippen LogP contribution >= 0.6 is 0 Å². The number of H-pyrrole nitrogens is 2. The van der Waals surface area contributed by atoms with E-state index in [2.05, 4.69) is 44.6 Å². The number of imidazole rings is 2. The molecule has 14 nitrogen and oxygen atoms in total. The van der Waals surface area contributed by atoms with Gasteiger partial charge in [0.25, 0.3) is 0 Å². The molecule has 0 aliphatic carbocycles. The summed E-state index contributed by atoms with van der Waals surface area (Å²) in [6.07, 6.45) is 3.09. The lowest BCUT2D eigenvalue weighted by Gasteiger charge is -2.35. The first-order valence-corrected chi connectivity index (χ1v) is 20.0. The first-order valence-electron chi connectivity index (χ1n) is 20.0. The predicted octanol–water partition coefficient (Wildman–Crippen LogP) is 6.39. The van der Waals surface area contributed by atoms with Crippen molar-refractivity contribution in [2.75, 3.05) is 27.3 Å². The zero-order chi connectivity index (χ0) is 41.1. The highest BCUT2D eigenvalue weighted by molar-refractivity contribution is 6.04. The van der Waals surface area contributed by atoms with Crippen molar-refractivity contribution < 1.29 is 29.0 Å². The van der Waals surface area contributed by atoms with Gasteiger partial charge in [0.05, 0.1) is 55.3 Å². The molecule has 0 radical (unpaired) electrons. The molecule has 3 aromatic carbocycles. The van der Waals surface area contributed by atoms with Gasteiger partial charge in [-0.1, -0.05) is 63.8 Å². The Morgan fingerprint density at radius 2 is 1.52 bits per heavy atom. The third kappa shape index (κ3) is 8.37. The van der Waals surface area contributed by atoms with E-state index in [1.807, 2.05) is 86.2 Å². The minimum Gasteiger partial charge on any atom is -0.453 e. The molecule has 5 aromatic rings. The van der Waals surface area contributed by atoms with Gasteiger partial charge in [0, 0.05) is 29.6 Å². The molecule has 304 valence electrons. The molecule has 2 saturated heterocycles. The Morgan fingerprint density at radius 1 is 0.828 bits per heavy atom. The van der Waals surface area contributed by atoms with Crippen LogP contribution in [-0.4, -0.2) is 98.6 Å². The van der Waals surface area contributed by atoms with Crippen LogP contribution < -0.4 is 10.6 Å². The lowest BCUT2D eigenvalue weighted by Crippen LogP contribution is -2.54. The van der Waals surface area contributed by atoms with E-state index in [1.54, 1.807) is 0 Å². The molecule has 2 aromatic heterocycles. The van der Waals surface area contributed by atoms with Crippen molar-refractivity contribution in [3.8, 4) is 23.1 Å². The Kier molecular flexibility index (Phi) is 12.0. The maximum absolute atomic E-state index is 13.6. The number of methoxy groups -OCH3 is 2. The first kappa shape index (κ1) is 40.3. The number of nitrogens with one attached hydrogen (secondary N) is 4. The smallest absolute Gasteiger partial charge is 0.407 e. The molecule has 5 N–H and O–H groups in total. The van der Waals surface area contributed by atoms with Crippen molar-refractivity contribution in [2.45, 2.75) is 83.8 Å². The summed E-state index contributed by atoms with van der Waals surface area (Å²) in [7, 11) is 2.61. The molecule has 7 rings (SSSR count). The van der Waals surface area contributed by atoms with Crippen molar-refractivity contribution in [1.82, 2.24) is 40.4 Å². The molecule has 4 heterocycles. The molecular weight excluding hydrogens is 737 g/mol. The van der Waals surface area contributed by atoms with Crippen LogP contribution in [0.5, 0.6) is 0 Å². The molecule has 0 saturated carbocycles. The lowest BCUT2D eigenvalue weighted by molar-refractivity contribution is -0.135. The largest absolute Gasteiger partial charge is 0.453 e. The van der Waals surface area contributed by atoms with E-state index in [1.165, 1.54) is 14.2 Å². The SMILES string of the molecule is COC(=O)N[C@@H](C(C)C)C(O)N1CCC[C@H]1c1ncc(-c2ccc(C#Cc3ccc4c(ccc5[nH]c([C@@H]6CCCN6C(=O)[C@@H](NC(=O)OC)C(C)C)nc54)c3)cc2)[nH]1. The molecule has 58 heavy (non-hydrogen) atoms. The first-order chi connectivity index (χ1) is 27.9. The normalized spacial score (nSPS) is 18.6. The molecule has 2 aliphatic heterocycles. The Balaban J connectivity index is 1.03. The van der Waals surface area contributed by atoms with Gasteiger partial charge in [-0.2, -0.15) is 0 Å². The van der Waals surface area contributed by atoms with Crippen LogP contribution in [0.15, 0.2) is 60.8 Å². The topological polar surface area (TPSA) is 178 Å². The Hall–Kier alpha value is -5.91. The number of aliphatic hydroxyl groups is 1. The van der Waals surface area contributed by atoms with Crippen molar-refractivity contribution >= 4 is 39.9 Å². The van der Waals surface area contributed by atoms with Crippen LogP contribution in [0, 0.1) is 23.7 Å². The number of aliphatic hydroxyl groups excluding tert-OH is 1. The third-order valence-electron chi connectivity index (χ3n) is 11.3. The van der Waals surface area contributed by atoms with Crippen LogP contribution in [0.1, 0.15) is 88.2 Å². The molecule has 14 heteroatoms. The highest BCUT2D eigenvalue weighted by atomic mass is 16.5. The molecule has 2 fully saturated rings. The zero-order valence-electron chi connectivity index (χ0n) is 33.8. The molecule has 3 amide bonds. The number of hydrogen-bond acceptors (Lipinski definition) is 9. The molecule has 5 atom stereocenters. The Morgan fingerprint density at radius 3 is 2.24 bits per heavy atom. The number of rotatable bonds is 10. The highest BCUT2D eigenvalue weighted by Crippen LogP contribution is 2.36. The summed E-state index contributed by atoms with van der Waals surface area (Å²) in [6.45, 7) is 9.00. The van der Waals surface area contributed by atoms with Gasteiger partial charge in [-0.3, -0.25) is 9.69 Å². The van der Waals surface area contributed by atoms with E-state index in [4.69, 9.17) is 19.4 Å². The second kappa shape index (κ2) is 17.3. The van der Waals surface area contributed by atoms with E-state index in [9.17, 15) is 19.5 Å². The number of ether oxygens (including phenoxy) is 2. The van der Waals surface area contributed by atoms with E-state index in [0.29, 0.717) is 13.1 Å². The number of likely N-dealkylation sites (tertiary alicyclic amines) is 2. The Bertz CT molecular complexity index is 2340. The van der Waals surface area contributed by atoms with Crippen molar-refractivity contribution in [3.05, 3.63) is 83.6 Å². The molecular formula is C44H52N8O6. The standard InChI is InChI=1S/C44H52N8O6/c1-25(2)36(49-43(55)57-5)41(53)51-21-7-9-34(51)39-45-24-33(47-39)29-16-13-27(14-17-29)11-12-28-15-19-31-30(23-28)18-20-32-38(31)48-40(46-32)35-10-8-22-52(35)42(54)37(26(3)4)50-44(56)58-6/h13-20,23-26,34-37,41,53H,7-10,21-22H2,1-6H3,(H,45,47)(H,46,48)(H,49,55)(H,50,56)/t34-,35-,36-,37-,41?/m0/s1. The third-order valence-corrected chi connectivity index (χ3v) is 11.3. The van der Waals surface area contributed by atoms with Crippen LogP contribution in [0.3, 0.4) is 0 Å². The van der Waals surface area contributed by atoms with Gasteiger partial charge >= 0.3 is 12.2 Å². The summed E-state index contributed by atoms with van der Waals surface area (Å²) in [5.74, 6) is 7.85. The van der Waals surface area contributed by atoms with Crippen LogP contribution in [-0.2, 0) is 14.3 Å². The fraction of sp³-hybridized carbons (Fsp3) is 0.432. The zero-order valence-corrected chi connectivity index (χ0v) is 33.8. The Labute approximate surface area is 338 Å². The number of benzene rings is 3. The van der Waals surface area contributed by atoms with Gasteiger partial charge in [0.15, 0.2) is 0 Å². The predicted molar refractivity (Wildman–Crippen MR) is 220 cm³/mol. The van der Waals surface area contributed by atoms with Crippen molar-refractivity contribution in [3.63, 3.8) is 0 Å². The average molecular weight is 789 g/mol. The summed E-state index contributed by atoms with van der Waals surface area (Å²) >= 11 is 0. The van der Waals surface area contributed by atoms with Crippen LogP contribution in [0.2, 0.25) is 0 Å². The molecule has 0 bridgehead atoms. The van der Waals surface area contributed by atoms with E-state index < -0.39 is 30.5 Å². The summed E-state index contributed by atoms with van der Waals surface area (Å²) in [6, 6.07) is 16.6. The number of aromatic nitrogens is 4. The maximum atomic E-state index is 13.6. The van der Waals surface area contributed by atoms with E-state index in [-0.39, 0.29) is 29.8 Å². The van der Waals surface area contributed by atoms with Gasteiger partial charge in [-0.25, -0.2) is 19.6 Å². The number of nitrogens with zero attached hydrogens (tertiary/aromatic N) is 4. The fourth-order valence-corrected chi connectivity index (χ4v) is 8.17. The van der Waals surface area contributed by atoms with E-state index in [0.717, 1.165) is 81.5 Å². The van der Waals surface area contributed by atoms with Crippen LogP contribution in [0.25, 0.3) is 33.1 Å². The number of alkyl carbamates (subject to hydrolysis) is 2. The van der Waals surface area contributed by atoms with Gasteiger partial charge in [-0.15, -0.1) is 0 Å². The van der Waals surface area contributed by atoms with Crippen molar-refractivity contribution in [1.29, 1.82) is 0 Å². The second-order valence-corrected chi connectivity index (χ2v) is 15.8. The average Bonchev–Trinajstić information content (AvgIpc) is 4.06. The van der Waals surface area contributed by atoms with Gasteiger partial charge < -0.3 is 40.1 Å². The summed E-state index contributed by atoms with van der Waals surface area (Å²) in [4.78, 5) is 58.1. The summed E-state index contributed by atoms with van der Waals surface area (Å²) in [5, 5.41) is 18.8. The maximum Gasteiger partial charge on any atom is 0.407 e. The molecule has 0 spiro atoms. The van der Waals surface area contributed by atoms with Gasteiger partial charge in [0.2, 0.25) is 5.91 Å². The second-order valence-electron chi connectivity index (χ2n) is 15.8. The minimum absolute atomic E-state index is 0.00892. The molecule has 2 aliphatic rings. The number of carbonyl (C=O) groups is 3. The number of amides is 3. The monoisotopic (exact) mass is 788 g/mol. The quantitative estimate of drug-likeness (QED) is 0.100. The number of carbonyl (C=O) groups excluding carboxylic acids is 3.